The molecule has 1 aromatic rings. The predicted molar refractivity (Wildman–Crippen MR) is 136 cm³/mol. The van der Waals surface area contributed by atoms with Crippen LogP contribution in [0, 0.1) is 23.7 Å². The van der Waals surface area contributed by atoms with Crippen LogP contribution in [-0.4, -0.2) is 39.5 Å². The molecule has 7 nitrogen and oxygen atoms in total. The molecule has 7 heteroatoms. The largest absolute Gasteiger partial charge is 0.388 e. The molecule has 0 aliphatic heterocycles. The monoisotopic (exact) mass is 474 g/mol. The van der Waals surface area contributed by atoms with Gasteiger partial charge in [-0.05, 0) is 56.1 Å². The second-order valence-electron chi connectivity index (χ2n) is 10.7. The summed E-state index contributed by atoms with van der Waals surface area (Å²) in [5.41, 5.74) is 11.9. The second-order valence-corrected chi connectivity index (χ2v) is 10.7. The first-order valence-electron chi connectivity index (χ1n) is 13.0. The molecule has 0 spiro atoms. The van der Waals surface area contributed by atoms with Crippen LogP contribution in [0.3, 0.4) is 0 Å². The van der Waals surface area contributed by atoms with Crippen LogP contribution in [0.25, 0.3) is 0 Å². The van der Waals surface area contributed by atoms with Crippen LogP contribution in [0.4, 0.5) is 0 Å². The van der Waals surface area contributed by atoms with Crippen molar-refractivity contribution in [2.24, 2.45) is 35.1 Å². The van der Waals surface area contributed by atoms with E-state index in [2.05, 4.69) is 10.3 Å². The van der Waals surface area contributed by atoms with E-state index in [1.807, 2.05) is 34.6 Å². The fourth-order valence-electron chi connectivity index (χ4n) is 5.12. The first-order chi connectivity index (χ1) is 16.0. The summed E-state index contributed by atoms with van der Waals surface area (Å²) < 4.78 is 0. The first-order valence-corrected chi connectivity index (χ1v) is 13.0. The fourth-order valence-corrected chi connectivity index (χ4v) is 5.12. The van der Waals surface area contributed by atoms with Gasteiger partial charge in [-0.25, -0.2) is 0 Å². The van der Waals surface area contributed by atoms with E-state index in [0.717, 1.165) is 32.1 Å². The Morgan fingerprint density at radius 1 is 1.15 bits per heavy atom. The Bertz CT molecular complexity index is 779. The highest BCUT2D eigenvalue weighted by atomic mass is 16.3. The van der Waals surface area contributed by atoms with Gasteiger partial charge in [-0.2, -0.15) is 0 Å². The number of hydrogen-bond donors (Lipinski definition) is 4. The van der Waals surface area contributed by atoms with Gasteiger partial charge in [0.05, 0.1) is 17.3 Å². The van der Waals surface area contributed by atoms with Crippen LogP contribution >= 0.6 is 0 Å². The van der Waals surface area contributed by atoms with Crippen LogP contribution in [0.5, 0.6) is 0 Å². The number of nitrogens with two attached hydrogens (primary N) is 2. The van der Waals surface area contributed by atoms with Crippen molar-refractivity contribution in [2.75, 3.05) is 0 Å². The van der Waals surface area contributed by atoms with Gasteiger partial charge in [-0.3, -0.25) is 14.6 Å². The van der Waals surface area contributed by atoms with Gasteiger partial charge in [-0.1, -0.05) is 59.4 Å². The Hall–Kier alpha value is -1.83. The van der Waals surface area contributed by atoms with Gasteiger partial charge >= 0.3 is 0 Å². The van der Waals surface area contributed by atoms with E-state index in [9.17, 15) is 14.7 Å². The third-order valence-corrected chi connectivity index (χ3v) is 7.93. The zero-order chi connectivity index (χ0) is 25.5. The lowest BCUT2D eigenvalue weighted by molar-refractivity contribution is -0.136. The van der Waals surface area contributed by atoms with Gasteiger partial charge in [0.15, 0.2) is 5.78 Å². The van der Waals surface area contributed by atoms with Crippen molar-refractivity contribution in [1.82, 2.24) is 10.3 Å². The van der Waals surface area contributed by atoms with Crippen molar-refractivity contribution >= 4 is 11.7 Å². The van der Waals surface area contributed by atoms with Crippen molar-refractivity contribution in [2.45, 2.75) is 103 Å². The number of aliphatic hydroxyl groups is 1. The van der Waals surface area contributed by atoms with Crippen molar-refractivity contribution in [3.8, 4) is 0 Å². The van der Waals surface area contributed by atoms with Crippen molar-refractivity contribution in [3.05, 3.63) is 30.1 Å². The molecular weight excluding hydrogens is 428 g/mol. The second kappa shape index (κ2) is 12.8. The predicted octanol–water partition coefficient (Wildman–Crippen LogP) is 3.50. The minimum absolute atomic E-state index is 0.0222. The zero-order valence-electron chi connectivity index (χ0n) is 21.7. The maximum absolute atomic E-state index is 13.6. The highest BCUT2D eigenvalue weighted by Gasteiger charge is 2.45. The Morgan fingerprint density at radius 3 is 2.29 bits per heavy atom. The molecule has 0 aromatic carbocycles. The number of hydrogen-bond acceptors (Lipinski definition) is 6. The quantitative estimate of drug-likeness (QED) is 0.367. The molecule has 1 fully saturated rings. The first kappa shape index (κ1) is 28.4. The van der Waals surface area contributed by atoms with Gasteiger partial charge in [0, 0.05) is 18.2 Å². The molecule has 6 N–H and O–H groups in total. The van der Waals surface area contributed by atoms with Crippen molar-refractivity contribution in [3.63, 3.8) is 0 Å². The highest BCUT2D eigenvalue weighted by molar-refractivity contribution is 5.93. The molecular formula is C27H46N4O3. The number of nitrogens with one attached hydrogen (secondary N) is 1. The number of Topliss-reactive ketones (excluding diaryl/α,β-unsaturated/α-hetero) is 1. The number of aromatic nitrogens is 1. The summed E-state index contributed by atoms with van der Waals surface area (Å²) in [4.78, 5) is 31.3. The lowest BCUT2D eigenvalue weighted by Crippen LogP contribution is -2.55. The van der Waals surface area contributed by atoms with Gasteiger partial charge in [0.25, 0.3) is 0 Å². The molecule has 6 atom stereocenters. The third kappa shape index (κ3) is 6.86. The number of ketones is 1. The van der Waals surface area contributed by atoms with Crippen molar-refractivity contribution in [1.29, 1.82) is 0 Å². The minimum atomic E-state index is -1.13. The average Bonchev–Trinajstić information content (AvgIpc) is 2.84. The van der Waals surface area contributed by atoms with Crippen LogP contribution in [0.15, 0.2) is 24.4 Å². The van der Waals surface area contributed by atoms with E-state index in [0.29, 0.717) is 5.69 Å². The highest BCUT2D eigenvalue weighted by Crippen LogP contribution is 2.39. The molecule has 34 heavy (non-hydrogen) atoms. The molecule has 0 saturated heterocycles. The smallest absolute Gasteiger partial charge is 0.224 e. The Kier molecular flexibility index (Phi) is 10.7. The van der Waals surface area contributed by atoms with E-state index >= 15 is 0 Å². The van der Waals surface area contributed by atoms with Crippen molar-refractivity contribution < 1.29 is 14.7 Å². The van der Waals surface area contributed by atoms with E-state index in [1.54, 1.807) is 24.4 Å². The summed E-state index contributed by atoms with van der Waals surface area (Å²) in [6, 6.07) is 3.19. The van der Waals surface area contributed by atoms with Crippen LogP contribution < -0.4 is 16.8 Å². The summed E-state index contributed by atoms with van der Waals surface area (Å²) in [6.45, 7) is 9.68. The Morgan fingerprint density at radius 2 is 1.79 bits per heavy atom. The molecule has 1 heterocycles. The summed E-state index contributed by atoms with van der Waals surface area (Å²) >= 11 is 0. The minimum Gasteiger partial charge on any atom is -0.388 e. The van der Waals surface area contributed by atoms with Gasteiger partial charge in [-0.15, -0.1) is 0 Å². The molecule has 1 aliphatic rings. The van der Waals surface area contributed by atoms with Crippen LogP contribution in [0.2, 0.25) is 0 Å². The third-order valence-electron chi connectivity index (χ3n) is 7.93. The summed E-state index contributed by atoms with van der Waals surface area (Å²) in [5, 5.41) is 14.7. The SMILES string of the molecule is CC[C@H](C)[C@H](N)C(=O)C(NC(=O)[C@@H](C[C@](O)(C1CCCCC1)[C@H](C)N)C(C)C)c1ccccn1. The number of pyridine rings is 1. The Balaban J connectivity index is 2.31. The molecule has 1 saturated carbocycles. The van der Waals surface area contributed by atoms with E-state index in [1.165, 1.54) is 6.42 Å². The van der Waals surface area contributed by atoms with Gasteiger partial charge < -0.3 is 21.9 Å². The number of carbonyl (C=O) groups excluding carboxylic acids is 2. The molecule has 1 aliphatic carbocycles. The standard InChI is InChI=1S/C27H46N4O3/c1-6-18(4)23(29)25(32)24(22-14-10-11-15-30-22)31-26(33)21(17(2)3)16-27(34,19(5)28)20-12-8-7-9-13-20/h10-11,14-15,17-21,23-24,34H,6-9,12-13,16,28-29H2,1-5H3,(H,31,33)/t18-,19-,21-,23-,24?,27+/m0/s1. The molecule has 2 rings (SSSR count). The molecule has 0 bridgehead atoms. The summed E-state index contributed by atoms with van der Waals surface area (Å²) in [7, 11) is 0. The van der Waals surface area contributed by atoms with E-state index < -0.39 is 29.6 Å². The van der Waals surface area contributed by atoms with Gasteiger partial charge in [0.2, 0.25) is 5.91 Å². The number of carbonyl (C=O) groups is 2. The fraction of sp³-hybridized carbons (Fsp3) is 0.741. The van der Waals surface area contributed by atoms with E-state index in [-0.39, 0.29) is 35.9 Å². The summed E-state index contributed by atoms with van der Waals surface area (Å²) in [5.74, 6) is -1.02. The Labute approximate surface area is 205 Å². The molecule has 1 amide bonds. The molecule has 0 radical (unpaired) electrons. The topological polar surface area (TPSA) is 131 Å². The number of amides is 1. The van der Waals surface area contributed by atoms with E-state index in [4.69, 9.17) is 11.5 Å². The molecule has 192 valence electrons. The number of nitrogens with zero attached hydrogens (tertiary/aromatic N) is 1. The molecule has 1 aromatic heterocycles. The maximum atomic E-state index is 13.6. The summed E-state index contributed by atoms with van der Waals surface area (Å²) in [6.07, 6.45) is 7.78. The average molecular weight is 475 g/mol. The van der Waals surface area contributed by atoms with Gasteiger partial charge in [0.1, 0.15) is 6.04 Å². The number of rotatable bonds is 12. The van der Waals surface area contributed by atoms with Crippen LogP contribution in [-0.2, 0) is 9.59 Å². The maximum Gasteiger partial charge on any atom is 0.224 e. The zero-order valence-corrected chi connectivity index (χ0v) is 21.7. The van der Waals surface area contributed by atoms with Crippen LogP contribution in [0.1, 0.15) is 91.3 Å². The lowest BCUT2D eigenvalue weighted by Gasteiger charge is -2.44. The normalized spacial score (nSPS) is 21.2. The molecule has 1 unspecified atom stereocenters. The lowest BCUT2D eigenvalue weighted by atomic mass is 9.68.